The molecule has 76 valence electrons. The Hall–Kier alpha value is -0.500. The molecule has 1 aromatic carbocycles. The van der Waals surface area contributed by atoms with E-state index in [9.17, 15) is 0 Å². The molecule has 2 rings (SSSR count). The van der Waals surface area contributed by atoms with Gasteiger partial charge in [-0.2, -0.15) is 0 Å². The molecule has 0 fully saturated rings. The van der Waals surface area contributed by atoms with Crippen molar-refractivity contribution in [3.05, 3.63) is 28.2 Å². The summed E-state index contributed by atoms with van der Waals surface area (Å²) in [5.41, 5.74) is 3.02. The molecule has 1 heterocycles. The second-order valence-electron chi connectivity index (χ2n) is 4.58. The maximum absolute atomic E-state index is 3.61. The highest BCUT2D eigenvalue weighted by molar-refractivity contribution is 9.10. The summed E-state index contributed by atoms with van der Waals surface area (Å²) in [6, 6.07) is 6.46. The molecule has 2 heteroatoms. The molecule has 0 bridgehead atoms. The van der Waals surface area contributed by atoms with Crippen LogP contribution < -0.4 is 5.32 Å². The molecule has 14 heavy (non-hydrogen) atoms. The first-order chi connectivity index (χ1) is 6.61. The van der Waals surface area contributed by atoms with Crippen molar-refractivity contribution in [2.24, 2.45) is 0 Å². The number of halogens is 1. The first-order valence-electron chi connectivity index (χ1n) is 5.14. The number of fused-ring (bicyclic) bond motifs is 1. The fourth-order valence-electron chi connectivity index (χ4n) is 2.15. The monoisotopic (exact) mass is 253 g/mol. The molecule has 1 aliphatic heterocycles. The number of benzene rings is 1. The largest absolute Gasteiger partial charge is 0.384 e. The van der Waals surface area contributed by atoms with Gasteiger partial charge in [-0.25, -0.2) is 0 Å². The van der Waals surface area contributed by atoms with Gasteiger partial charge in [-0.15, -0.1) is 0 Å². The minimum Gasteiger partial charge on any atom is -0.384 e. The van der Waals surface area contributed by atoms with Crippen LogP contribution in [0.3, 0.4) is 0 Å². The number of anilines is 1. The third-order valence-corrected chi connectivity index (χ3v) is 3.68. The van der Waals surface area contributed by atoms with E-state index >= 15 is 0 Å². The summed E-state index contributed by atoms with van der Waals surface area (Å²) in [6.07, 6.45) is 2.50. The second-order valence-corrected chi connectivity index (χ2v) is 5.43. The van der Waals surface area contributed by atoms with Gasteiger partial charge in [0.15, 0.2) is 0 Å². The van der Waals surface area contributed by atoms with E-state index in [0.29, 0.717) is 5.41 Å². The van der Waals surface area contributed by atoms with Gasteiger partial charge in [0.25, 0.3) is 0 Å². The maximum Gasteiger partial charge on any atom is 0.0522 e. The molecule has 1 nitrogen and oxygen atoms in total. The van der Waals surface area contributed by atoms with Crippen LogP contribution >= 0.6 is 15.9 Å². The number of rotatable bonds is 0. The minimum atomic E-state index is 0.294. The SMILES string of the molecule is CC1(C)CCCNc2c(Br)cccc21. The van der Waals surface area contributed by atoms with Crippen molar-refractivity contribution in [3.63, 3.8) is 0 Å². The molecule has 0 aromatic heterocycles. The standard InChI is InChI=1S/C12H16BrN/c1-12(2)7-4-8-14-11-9(12)5-3-6-10(11)13/h3,5-6,14H,4,7-8H2,1-2H3. The molecule has 0 atom stereocenters. The minimum absolute atomic E-state index is 0.294. The summed E-state index contributed by atoms with van der Waals surface area (Å²) in [7, 11) is 0. The Bertz CT molecular complexity index is 344. The summed E-state index contributed by atoms with van der Waals surface area (Å²) in [6.45, 7) is 5.73. The van der Waals surface area contributed by atoms with Gasteiger partial charge in [0.1, 0.15) is 0 Å². The van der Waals surface area contributed by atoms with Crippen LogP contribution in [-0.4, -0.2) is 6.54 Å². The molecule has 0 spiro atoms. The molecule has 0 aliphatic carbocycles. The van der Waals surface area contributed by atoms with E-state index in [1.807, 2.05) is 0 Å². The molecular formula is C12H16BrN. The van der Waals surface area contributed by atoms with Gasteiger partial charge in [0, 0.05) is 11.0 Å². The van der Waals surface area contributed by atoms with Crippen molar-refractivity contribution in [2.45, 2.75) is 32.1 Å². The molecule has 1 aliphatic rings. The summed E-state index contributed by atoms with van der Waals surface area (Å²) in [5, 5.41) is 3.50. The van der Waals surface area contributed by atoms with E-state index in [0.717, 1.165) is 6.54 Å². The normalized spacial score (nSPS) is 19.4. The first kappa shape index (κ1) is 10.0. The van der Waals surface area contributed by atoms with Gasteiger partial charge in [-0.05, 0) is 45.8 Å². The van der Waals surface area contributed by atoms with Gasteiger partial charge in [-0.1, -0.05) is 26.0 Å². The summed E-state index contributed by atoms with van der Waals surface area (Å²) >= 11 is 3.61. The lowest BCUT2D eigenvalue weighted by Crippen LogP contribution is -2.16. The Morgan fingerprint density at radius 1 is 1.36 bits per heavy atom. The van der Waals surface area contributed by atoms with Gasteiger partial charge in [-0.3, -0.25) is 0 Å². The summed E-state index contributed by atoms with van der Waals surface area (Å²) in [4.78, 5) is 0. The fraction of sp³-hybridized carbons (Fsp3) is 0.500. The summed E-state index contributed by atoms with van der Waals surface area (Å²) < 4.78 is 1.19. The van der Waals surface area contributed by atoms with Gasteiger partial charge < -0.3 is 5.32 Å². The van der Waals surface area contributed by atoms with E-state index in [2.05, 4.69) is 53.3 Å². The van der Waals surface area contributed by atoms with E-state index in [-0.39, 0.29) is 0 Å². The highest BCUT2D eigenvalue weighted by Gasteiger charge is 2.26. The summed E-state index contributed by atoms with van der Waals surface area (Å²) in [5.74, 6) is 0. The van der Waals surface area contributed by atoms with Crippen molar-refractivity contribution in [3.8, 4) is 0 Å². The van der Waals surface area contributed by atoms with Crippen LogP contribution in [0.5, 0.6) is 0 Å². The van der Waals surface area contributed by atoms with Crippen LogP contribution in [0.4, 0.5) is 5.69 Å². The zero-order chi connectivity index (χ0) is 10.2. The quantitative estimate of drug-likeness (QED) is 0.739. The van der Waals surface area contributed by atoms with Gasteiger partial charge in [0.2, 0.25) is 0 Å². The smallest absolute Gasteiger partial charge is 0.0522 e. The van der Waals surface area contributed by atoms with Gasteiger partial charge >= 0.3 is 0 Å². The molecule has 1 aromatic rings. The predicted molar refractivity (Wildman–Crippen MR) is 64.9 cm³/mol. The Kier molecular flexibility index (Phi) is 2.56. The number of para-hydroxylation sites is 1. The van der Waals surface area contributed by atoms with Crippen LogP contribution in [0.25, 0.3) is 0 Å². The molecular weight excluding hydrogens is 238 g/mol. The first-order valence-corrected chi connectivity index (χ1v) is 5.93. The fourth-order valence-corrected chi connectivity index (χ4v) is 2.65. The Balaban J connectivity index is 2.56. The topological polar surface area (TPSA) is 12.0 Å². The van der Waals surface area contributed by atoms with Crippen molar-refractivity contribution in [1.29, 1.82) is 0 Å². The lowest BCUT2D eigenvalue weighted by molar-refractivity contribution is 0.478. The number of hydrogen-bond donors (Lipinski definition) is 1. The van der Waals surface area contributed by atoms with E-state index in [4.69, 9.17) is 0 Å². The van der Waals surface area contributed by atoms with Crippen LogP contribution in [0, 0.1) is 0 Å². The third kappa shape index (κ3) is 1.68. The van der Waals surface area contributed by atoms with Crippen LogP contribution in [0.15, 0.2) is 22.7 Å². The van der Waals surface area contributed by atoms with Crippen LogP contribution in [-0.2, 0) is 5.41 Å². The maximum atomic E-state index is 3.61. The Morgan fingerprint density at radius 2 is 2.14 bits per heavy atom. The second kappa shape index (κ2) is 3.58. The van der Waals surface area contributed by atoms with Crippen molar-refractivity contribution >= 4 is 21.6 Å². The van der Waals surface area contributed by atoms with Crippen molar-refractivity contribution < 1.29 is 0 Å². The molecule has 0 saturated heterocycles. The third-order valence-electron chi connectivity index (χ3n) is 3.02. The van der Waals surface area contributed by atoms with Gasteiger partial charge in [0.05, 0.1) is 5.69 Å². The average Bonchev–Trinajstić information content (AvgIpc) is 2.27. The lowest BCUT2D eigenvalue weighted by atomic mass is 9.80. The number of hydrogen-bond acceptors (Lipinski definition) is 1. The molecule has 0 amide bonds. The van der Waals surface area contributed by atoms with E-state index < -0.39 is 0 Å². The predicted octanol–water partition coefficient (Wildman–Crippen LogP) is 3.93. The molecule has 0 saturated carbocycles. The Labute approximate surface area is 94.0 Å². The Morgan fingerprint density at radius 3 is 2.93 bits per heavy atom. The molecule has 0 unspecified atom stereocenters. The average molecular weight is 254 g/mol. The van der Waals surface area contributed by atoms with Crippen LogP contribution in [0.1, 0.15) is 32.3 Å². The highest BCUT2D eigenvalue weighted by Crippen LogP contribution is 2.39. The zero-order valence-corrected chi connectivity index (χ0v) is 10.3. The van der Waals surface area contributed by atoms with E-state index in [1.54, 1.807) is 0 Å². The highest BCUT2D eigenvalue weighted by atomic mass is 79.9. The van der Waals surface area contributed by atoms with Crippen molar-refractivity contribution in [1.82, 2.24) is 0 Å². The molecule has 1 N–H and O–H groups in total. The van der Waals surface area contributed by atoms with Crippen LogP contribution in [0.2, 0.25) is 0 Å². The number of nitrogens with one attached hydrogen (secondary N) is 1. The van der Waals surface area contributed by atoms with Crippen molar-refractivity contribution in [2.75, 3.05) is 11.9 Å². The molecule has 0 radical (unpaired) electrons. The van der Waals surface area contributed by atoms with E-state index in [1.165, 1.54) is 28.6 Å². The zero-order valence-electron chi connectivity index (χ0n) is 8.73. The lowest BCUT2D eigenvalue weighted by Gasteiger charge is -2.25.